The largest absolute Gasteiger partial charge is 0.543 e. The van der Waals surface area contributed by atoms with Crippen LogP contribution < -0.4 is 9.16 Å². The Morgan fingerprint density at radius 3 is 2.20 bits per heavy atom. The molecule has 40 heavy (non-hydrogen) atoms. The van der Waals surface area contributed by atoms with Crippen molar-refractivity contribution in [1.29, 1.82) is 0 Å². The average molecular weight is 619 g/mol. The molecule has 0 saturated carbocycles. The molecule has 0 amide bonds. The second-order valence-electron chi connectivity index (χ2n) is 11.4. The molecule has 0 N–H and O–H groups in total. The lowest BCUT2D eigenvalue weighted by Crippen LogP contribution is -2.50. The van der Waals surface area contributed by atoms with Gasteiger partial charge < -0.3 is 9.16 Å². The Bertz CT molecular complexity index is 1510. The number of nitrogens with zero attached hydrogens (tertiary/aromatic N) is 1. The van der Waals surface area contributed by atoms with Gasteiger partial charge in [-0.05, 0) is 82.2 Å². The first-order chi connectivity index (χ1) is 19.0. The molecule has 0 aliphatic heterocycles. The summed E-state index contributed by atoms with van der Waals surface area (Å²) in [6.07, 6.45) is 2.50. The Hall–Kier alpha value is -2.96. The maximum atomic E-state index is 13.5. The molecule has 0 fully saturated rings. The SMILES string of the molecule is CCc1cc(C(=O)c2cnc3cc(OC)cc(-c4cccc(O[Si](C(C)C)(C(C)C)C(C)C)c4)c3c2)ccc1Br. The molecule has 0 bridgehead atoms. The molecule has 0 atom stereocenters. The summed E-state index contributed by atoms with van der Waals surface area (Å²) in [5.41, 5.74) is 6.46. The molecule has 4 rings (SSSR count). The number of aryl methyl sites for hydroxylation is 1. The lowest BCUT2D eigenvalue weighted by atomic mass is 9.96. The van der Waals surface area contributed by atoms with Crippen LogP contribution in [0.1, 0.15) is 70.0 Å². The molecule has 6 heteroatoms. The van der Waals surface area contributed by atoms with E-state index in [9.17, 15) is 4.79 Å². The van der Waals surface area contributed by atoms with E-state index in [2.05, 4.69) is 82.6 Å². The number of benzene rings is 3. The third-order valence-electron chi connectivity index (χ3n) is 8.11. The zero-order valence-corrected chi connectivity index (χ0v) is 27.4. The molecule has 1 aromatic heterocycles. The number of carbonyl (C=O) groups is 1. The smallest absolute Gasteiger partial charge is 0.258 e. The topological polar surface area (TPSA) is 48.4 Å². The minimum absolute atomic E-state index is 0.0444. The van der Waals surface area contributed by atoms with E-state index in [0.29, 0.717) is 27.8 Å². The van der Waals surface area contributed by atoms with Crippen molar-refractivity contribution in [2.45, 2.75) is 71.5 Å². The minimum atomic E-state index is -2.12. The second kappa shape index (κ2) is 12.3. The van der Waals surface area contributed by atoms with Crippen LogP contribution >= 0.6 is 15.9 Å². The van der Waals surface area contributed by atoms with Crippen LogP contribution in [-0.2, 0) is 6.42 Å². The highest BCUT2D eigenvalue weighted by molar-refractivity contribution is 9.10. The number of aromatic nitrogens is 1. The Balaban J connectivity index is 1.83. The van der Waals surface area contributed by atoms with Crippen molar-refractivity contribution < 1.29 is 14.0 Å². The van der Waals surface area contributed by atoms with Gasteiger partial charge in [0.25, 0.3) is 8.32 Å². The maximum absolute atomic E-state index is 13.5. The number of halogens is 1. The first-order valence-corrected chi connectivity index (χ1v) is 17.0. The van der Waals surface area contributed by atoms with E-state index >= 15 is 0 Å². The second-order valence-corrected chi connectivity index (χ2v) is 17.6. The standard InChI is InChI=1S/C34H40BrNO3Si/c1-9-24-15-26(13-14-32(24)35)34(37)27-17-31-30(18-29(38-8)19-33(31)36-20-27)25-11-10-12-28(16-25)39-40(21(2)3,22(4)5)23(6)7/h10-23H,9H2,1-8H3. The first kappa shape index (κ1) is 30.0. The van der Waals surface area contributed by atoms with Gasteiger partial charge in [-0.25, -0.2) is 0 Å². The van der Waals surface area contributed by atoms with Gasteiger partial charge in [-0.1, -0.05) is 76.5 Å². The monoisotopic (exact) mass is 617 g/mol. The van der Waals surface area contributed by atoms with Crippen LogP contribution in [0.2, 0.25) is 16.6 Å². The number of pyridine rings is 1. The highest BCUT2D eigenvalue weighted by atomic mass is 79.9. The zero-order chi connectivity index (χ0) is 29.2. The van der Waals surface area contributed by atoms with Crippen molar-refractivity contribution in [1.82, 2.24) is 4.98 Å². The zero-order valence-electron chi connectivity index (χ0n) is 24.8. The fraction of sp³-hybridized carbons (Fsp3) is 0.353. The summed E-state index contributed by atoms with van der Waals surface area (Å²) in [6, 6.07) is 20.0. The van der Waals surface area contributed by atoms with E-state index in [1.807, 2.05) is 42.5 Å². The molecule has 3 aromatic carbocycles. The van der Waals surface area contributed by atoms with Crippen molar-refractivity contribution in [2.24, 2.45) is 0 Å². The van der Waals surface area contributed by atoms with Crippen LogP contribution in [0.5, 0.6) is 11.5 Å². The molecule has 0 aliphatic rings. The van der Waals surface area contributed by atoms with Gasteiger partial charge in [0, 0.05) is 33.2 Å². The lowest BCUT2D eigenvalue weighted by Gasteiger charge is -2.42. The predicted molar refractivity (Wildman–Crippen MR) is 172 cm³/mol. The predicted octanol–water partition coefficient (Wildman–Crippen LogP) is 10.0. The maximum Gasteiger partial charge on any atom is 0.258 e. The summed E-state index contributed by atoms with van der Waals surface area (Å²) < 4.78 is 13.7. The van der Waals surface area contributed by atoms with E-state index < -0.39 is 8.32 Å². The highest BCUT2D eigenvalue weighted by Gasteiger charge is 2.47. The van der Waals surface area contributed by atoms with Crippen molar-refractivity contribution >= 4 is 40.9 Å². The molecule has 0 spiro atoms. The van der Waals surface area contributed by atoms with Crippen LogP contribution in [-0.4, -0.2) is 26.2 Å². The van der Waals surface area contributed by atoms with Gasteiger partial charge in [-0.2, -0.15) is 0 Å². The molecular formula is C34H40BrNO3Si. The summed E-state index contributed by atoms with van der Waals surface area (Å²) in [4.78, 5) is 18.2. The molecular weight excluding hydrogens is 578 g/mol. The van der Waals surface area contributed by atoms with Gasteiger partial charge in [-0.3, -0.25) is 9.78 Å². The summed E-state index contributed by atoms with van der Waals surface area (Å²) >= 11 is 3.58. The van der Waals surface area contributed by atoms with Gasteiger partial charge in [0.1, 0.15) is 11.5 Å². The molecule has 0 unspecified atom stereocenters. The highest BCUT2D eigenvalue weighted by Crippen LogP contribution is 2.43. The average Bonchev–Trinajstić information content (AvgIpc) is 2.94. The number of ketones is 1. The minimum Gasteiger partial charge on any atom is -0.543 e. The number of hydrogen-bond acceptors (Lipinski definition) is 4. The quantitative estimate of drug-likeness (QED) is 0.131. The number of rotatable bonds is 10. The fourth-order valence-electron chi connectivity index (χ4n) is 6.12. The number of hydrogen-bond donors (Lipinski definition) is 0. The van der Waals surface area contributed by atoms with Gasteiger partial charge in [-0.15, -0.1) is 0 Å². The molecule has 4 nitrogen and oxygen atoms in total. The third-order valence-corrected chi connectivity index (χ3v) is 14.9. The Kier molecular flexibility index (Phi) is 9.21. The van der Waals surface area contributed by atoms with Gasteiger partial charge in [0.2, 0.25) is 0 Å². The number of ether oxygens (including phenoxy) is 1. The number of methoxy groups -OCH3 is 1. The third kappa shape index (κ3) is 5.75. The first-order valence-electron chi connectivity index (χ1n) is 14.1. The fourth-order valence-corrected chi connectivity index (χ4v) is 11.9. The van der Waals surface area contributed by atoms with Crippen LogP contribution in [0.15, 0.2) is 71.3 Å². The van der Waals surface area contributed by atoms with Crippen molar-refractivity contribution in [3.05, 3.63) is 88.0 Å². The summed E-state index contributed by atoms with van der Waals surface area (Å²) in [5.74, 6) is 1.56. The van der Waals surface area contributed by atoms with Crippen LogP contribution in [0.25, 0.3) is 22.0 Å². The van der Waals surface area contributed by atoms with E-state index in [4.69, 9.17) is 14.1 Å². The molecule has 0 radical (unpaired) electrons. The van der Waals surface area contributed by atoms with Crippen molar-refractivity contribution in [3.8, 4) is 22.6 Å². The van der Waals surface area contributed by atoms with E-state index in [1.54, 1.807) is 13.3 Å². The Labute approximate surface area is 248 Å². The van der Waals surface area contributed by atoms with Crippen LogP contribution in [0.3, 0.4) is 0 Å². The summed E-state index contributed by atoms with van der Waals surface area (Å²) in [5, 5.41) is 0.900. The number of carbonyl (C=O) groups excluding carboxylic acids is 1. The molecule has 0 saturated heterocycles. The normalized spacial score (nSPS) is 12.0. The van der Waals surface area contributed by atoms with Crippen LogP contribution in [0.4, 0.5) is 0 Å². The summed E-state index contributed by atoms with van der Waals surface area (Å²) in [7, 11) is -0.460. The van der Waals surface area contributed by atoms with Gasteiger partial charge in [0.15, 0.2) is 5.78 Å². The van der Waals surface area contributed by atoms with E-state index in [1.165, 1.54) is 0 Å². The molecule has 1 heterocycles. The lowest BCUT2D eigenvalue weighted by molar-refractivity contribution is 0.103. The van der Waals surface area contributed by atoms with Crippen LogP contribution in [0, 0.1) is 0 Å². The summed E-state index contributed by atoms with van der Waals surface area (Å²) in [6.45, 7) is 15.9. The number of fused-ring (bicyclic) bond motifs is 1. The Morgan fingerprint density at radius 1 is 0.875 bits per heavy atom. The molecule has 0 aliphatic carbocycles. The van der Waals surface area contributed by atoms with Crippen molar-refractivity contribution in [2.75, 3.05) is 7.11 Å². The molecule has 4 aromatic rings. The van der Waals surface area contributed by atoms with Crippen molar-refractivity contribution in [3.63, 3.8) is 0 Å². The van der Waals surface area contributed by atoms with E-state index in [0.717, 1.165) is 50.0 Å². The van der Waals surface area contributed by atoms with E-state index in [-0.39, 0.29) is 5.78 Å². The molecule has 210 valence electrons. The van der Waals surface area contributed by atoms with Gasteiger partial charge >= 0.3 is 0 Å². The van der Waals surface area contributed by atoms with Gasteiger partial charge in [0.05, 0.1) is 12.6 Å². The Morgan fingerprint density at radius 2 is 1.57 bits per heavy atom.